The van der Waals surface area contributed by atoms with Crippen LogP contribution in [0.25, 0.3) is 12.2 Å². The summed E-state index contributed by atoms with van der Waals surface area (Å²) in [6, 6.07) is 10.9. The first-order valence-electron chi connectivity index (χ1n) is 19.3. The van der Waals surface area contributed by atoms with Crippen LogP contribution in [0, 0.1) is 0 Å². The minimum absolute atomic E-state index is 0.0250. The standard InChI is InChI=1S/C44H42F10N2O12S/c1-61-25-19-33(65-5)27(34(20-25)66-6)11-15-37(23-9-13-31(63-3)29(17-23)55-39(57)41(45,46)43(49,50)51)69(59,60)38(16-12-28-35(67-7)21-26(62-2)22-36(28)68-8)24-10-14-32(64-4)30(18-24)56-40(58)42(47,48)44(52,53)54/h9-22,37-38H,1-8H3,(H,55,57)(H,56,58). The maximum atomic E-state index is 15.6. The van der Waals surface area contributed by atoms with Crippen molar-refractivity contribution >= 4 is 45.2 Å². The lowest BCUT2D eigenvalue weighted by Crippen LogP contribution is -2.47. The number of anilines is 2. The van der Waals surface area contributed by atoms with E-state index < -0.39 is 90.3 Å². The largest absolute Gasteiger partial charge is 0.496 e. The van der Waals surface area contributed by atoms with Gasteiger partial charge in [-0.3, -0.25) is 9.59 Å². The molecule has 0 aromatic heterocycles. The van der Waals surface area contributed by atoms with E-state index >= 15 is 8.42 Å². The lowest BCUT2D eigenvalue weighted by atomic mass is 10.1. The zero-order valence-electron chi connectivity index (χ0n) is 37.3. The van der Waals surface area contributed by atoms with Gasteiger partial charge < -0.3 is 48.5 Å². The number of halogens is 10. The molecule has 14 nitrogen and oxygen atoms in total. The van der Waals surface area contributed by atoms with Gasteiger partial charge in [-0.05, 0) is 47.5 Å². The van der Waals surface area contributed by atoms with Crippen LogP contribution >= 0.6 is 0 Å². The quantitative estimate of drug-likeness (QED) is 0.0807. The van der Waals surface area contributed by atoms with Gasteiger partial charge in [-0.25, -0.2) is 8.42 Å². The fraction of sp³-hybridized carbons (Fsp3) is 0.318. The Labute approximate surface area is 387 Å². The van der Waals surface area contributed by atoms with Crippen LogP contribution in [0.5, 0.6) is 46.0 Å². The molecule has 2 N–H and O–H groups in total. The van der Waals surface area contributed by atoms with E-state index in [9.17, 15) is 53.5 Å². The second kappa shape index (κ2) is 21.5. The molecule has 2 amide bonds. The van der Waals surface area contributed by atoms with Gasteiger partial charge >= 0.3 is 36.0 Å². The molecule has 4 rings (SSSR count). The zero-order valence-corrected chi connectivity index (χ0v) is 38.1. The molecule has 0 bridgehead atoms. The maximum Gasteiger partial charge on any atom is 0.463 e. The molecule has 25 heteroatoms. The SMILES string of the molecule is COc1cc(OC)c(C=CC(c2ccc(OC)c(NC(=O)C(F)(F)C(F)(F)F)c2)S(=O)(=O)C(C=Cc2c(OC)cc(OC)cc2OC)c2ccc(OC)c(NC(=O)C(F)(F)C(F)(F)F)c2)c(OC)c1. The average molecular weight is 1010 g/mol. The number of carbonyl (C=O) groups is 2. The molecule has 4 aromatic rings. The summed E-state index contributed by atoms with van der Waals surface area (Å²) >= 11 is 0. The molecule has 0 fully saturated rings. The Morgan fingerprint density at radius 3 is 1.00 bits per heavy atom. The predicted octanol–water partition coefficient (Wildman–Crippen LogP) is 9.65. The van der Waals surface area contributed by atoms with Crippen molar-refractivity contribution in [3.05, 3.63) is 95.1 Å². The van der Waals surface area contributed by atoms with Crippen LogP contribution in [-0.2, 0) is 19.4 Å². The Morgan fingerprint density at radius 1 is 0.464 bits per heavy atom. The van der Waals surface area contributed by atoms with E-state index in [0.717, 1.165) is 62.8 Å². The highest BCUT2D eigenvalue weighted by atomic mass is 32.2. The lowest BCUT2D eigenvalue weighted by molar-refractivity contribution is -0.267. The number of methoxy groups -OCH3 is 8. The van der Waals surface area contributed by atoms with E-state index in [0.29, 0.717) is 12.1 Å². The third-order valence-electron chi connectivity index (χ3n) is 9.97. The Balaban J connectivity index is 2.15. The van der Waals surface area contributed by atoms with Crippen molar-refractivity contribution < 1.29 is 99.8 Å². The number of hydrogen-bond acceptors (Lipinski definition) is 12. The van der Waals surface area contributed by atoms with Crippen LogP contribution in [-0.4, -0.2) is 101 Å². The van der Waals surface area contributed by atoms with E-state index in [1.54, 1.807) is 0 Å². The molecular weight excluding hydrogens is 971 g/mol. The Hall–Kier alpha value is -7.05. The number of sulfone groups is 1. The molecule has 0 aliphatic carbocycles. The highest BCUT2D eigenvalue weighted by Gasteiger charge is 2.64. The van der Waals surface area contributed by atoms with Gasteiger partial charge in [-0.1, -0.05) is 24.3 Å². The predicted molar refractivity (Wildman–Crippen MR) is 230 cm³/mol. The maximum absolute atomic E-state index is 15.6. The second-order valence-corrected chi connectivity index (χ2v) is 16.2. The van der Waals surface area contributed by atoms with E-state index in [1.165, 1.54) is 77.6 Å². The summed E-state index contributed by atoms with van der Waals surface area (Å²) in [5.74, 6) is -18.2. The van der Waals surface area contributed by atoms with Gasteiger partial charge in [0.1, 0.15) is 56.5 Å². The van der Waals surface area contributed by atoms with Crippen molar-refractivity contribution in [2.75, 3.05) is 67.5 Å². The number of carbonyl (C=O) groups excluding carboxylic acids is 2. The summed E-state index contributed by atoms with van der Waals surface area (Å²) in [4.78, 5) is 24.9. The lowest BCUT2D eigenvalue weighted by Gasteiger charge is -2.25. The highest BCUT2D eigenvalue weighted by Crippen LogP contribution is 2.45. The zero-order chi connectivity index (χ0) is 51.9. The molecule has 376 valence electrons. The van der Waals surface area contributed by atoms with Crippen LogP contribution in [0.3, 0.4) is 0 Å². The highest BCUT2D eigenvalue weighted by molar-refractivity contribution is 7.92. The van der Waals surface area contributed by atoms with Crippen molar-refractivity contribution in [3.8, 4) is 46.0 Å². The van der Waals surface area contributed by atoms with E-state index in [4.69, 9.17) is 37.9 Å². The van der Waals surface area contributed by atoms with Crippen LogP contribution in [0.2, 0.25) is 0 Å². The van der Waals surface area contributed by atoms with E-state index in [-0.39, 0.29) is 45.6 Å². The fourth-order valence-corrected chi connectivity index (χ4v) is 8.36. The van der Waals surface area contributed by atoms with Gasteiger partial charge in [-0.2, -0.15) is 43.9 Å². The van der Waals surface area contributed by atoms with Gasteiger partial charge in [0.05, 0.1) is 79.4 Å². The molecule has 0 aliphatic rings. The van der Waals surface area contributed by atoms with Gasteiger partial charge in [-0.15, -0.1) is 0 Å². The number of amides is 2. The Morgan fingerprint density at radius 2 is 0.754 bits per heavy atom. The third kappa shape index (κ3) is 11.6. The van der Waals surface area contributed by atoms with Crippen molar-refractivity contribution in [1.29, 1.82) is 0 Å². The molecule has 0 spiro atoms. The molecule has 0 saturated carbocycles. The van der Waals surface area contributed by atoms with Gasteiger partial charge in [0.25, 0.3) is 0 Å². The van der Waals surface area contributed by atoms with Gasteiger partial charge in [0, 0.05) is 24.3 Å². The minimum atomic E-state index is -6.37. The summed E-state index contributed by atoms with van der Waals surface area (Å²) < 4.78 is 211. The van der Waals surface area contributed by atoms with Crippen LogP contribution in [0.15, 0.2) is 72.8 Å². The summed E-state index contributed by atoms with van der Waals surface area (Å²) in [7, 11) is 4.30. The normalized spacial score (nSPS) is 13.4. The fourth-order valence-electron chi connectivity index (χ4n) is 6.40. The summed E-state index contributed by atoms with van der Waals surface area (Å²) in [6.45, 7) is 0. The number of ether oxygens (including phenoxy) is 8. The van der Waals surface area contributed by atoms with Crippen molar-refractivity contribution in [2.24, 2.45) is 0 Å². The third-order valence-corrected chi connectivity index (χ3v) is 12.2. The first kappa shape index (κ1) is 54.6. The number of alkyl halides is 10. The summed E-state index contributed by atoms with van der Waals surface area (Å²) in [6.07, 6.45) is -8.44. The molecule has 0 saturated heterocycles. The molecule has 2 unspecified atom stereocenters. The smallest absolute Gasteiger partial charge is 0.463 e. The van der Waals surface area contributed by atoms with Crippen LogP contribution in [0.1, 0.15) is 32.8 Å². The topological polar surface area (TPSA) is 166 Å². The number of rotatable bonds is 20. The van der Waals surface area contributed by atoms with Crippen molar-refractivity contribution in [3.63, 3.8) is 0 Å². The summed E-state index contributed by atoms with van der Waals surface area (Å²) in [5.41, 5.74) is -2.59. The first-order valence-corrected chi connectivity index (χ1v) is 20.9. The molecular formula is C44H42F10N2O12S. The Kier molecular flexibility index (Phi) is 17.0. The van der Waals surface area contributed by atoms with Crippen molar-refractivity contribution in [2.45, 2.75) is 34.7 Å². The van der Waals surface area contributed by atoms with Gasteiger partial charge in [0.15, 0.2) is 9.84 Å². The van der Waals surface area contributed by atoms with Crippen LogP contribution in [0.4, 0.5) is 55.3 Å². The van der Waals surface area contributed by atoms with Gasteiger partial charge in [0.2, 0.25) is 0 Å². The Bertz CT molecular complexity index is 2470. The number of nitrogens with one attached hydrogen (secondary N) is 2. The number of hydrogen-bond donors (Lipinski definition) is 2. The van der Waals surface area contributed by atoms with E-state index in [2.05, 4.69) is 0 Å². The minimum Gasteiger partial charge on any atom is -0.496 e. The molecule has 2 atom stereocenters. The first-order chi connectivity index (χ1) is 32.2. The number of benzene rings is 4. The van der Waals surface area contributed by atoms with Crippen molar-refractivity contribution in [1.82, 2.24) is 0 Å². The average Bonchev–Trinajstić information content (AvgIpc) is 3.30. The second-order valence-electron chi connectivity index (χ2n) is 14.0. The van der Waals surface area contributed by atoms with Crippen LogP contribution < -0.4 is 48.5 Å². The molecule has 69 heavy (non-hydrogen) atoms. The molecule has 0 aliphatic heterocycles. The van der Waals surface area contributed by atoms with E-state index in [1.807, 2.05) is 0 Å². The monoisotopic (exact) mass is 1010 g/mol. The molecule has 0 radical (unpaired) electrons. The molecule has 4 aromatic carbocycles. The summed E-state index contributed by atoms with van der Waals surface area (Å²) in [5, 5.41) is -1.39. The molecule has 0 heterocycles.